The second-order valence-electron chi connectivity index (χ2n) is 6.06. The fraction of sp³-hybridized carbons (Fsp3) is 0.312. The third kappa shape index (κ3) is 3.80. The summed E-state index contributed by atoms with van der Waals surface area (Å²) in [5.74, 6) is -5.07. The zero-order valence-electron chi connectivity index (χ0n) is 14.7. The molecule has 0 saturated carbocycles. The van der Waals surface area contributed by atoms with E-state index in [2.05, 4.69) is 10.1 Å². The second-order valence-corrected chi connectivity index (χ2v) is 6.06. The Bertz CT molecular complexity index is 1150. The van der Waals surface area contributed by atoms with Crippen molar-refractivity contribution in [2.75, 3.05) is 7.11 Å². The zero-order chi connectivity index (χ0) is 22.5. The molecule has 0 bridgehead atoms. The molecule has 0 saturated heterocycles. The van der Waals surface area contributed by atoms with E-state index in [1.807, 2.05) is 0 Å². The lowest BCUT2D eigenvalue weighted by atomic mass is 10.1. The number of fused-ring (bicyclic) bond motifs is 1. The molecule has 0 N–H and O–H groups in total. The molecule has 0 radical (unpaired) electrons. The SMILES string of the molecule is COc1ccn2c(=O)c(-c3cnn(CC(F)(F)C(F)(F)F)c3)c(C(F)(F)F)nc2c1. The molecule has 0 aliphatic heterocycles. The van der Waals surface area contributed by atoms with Crippen LogP contribution in [-0.2, 0) is 12.7 Å². The van der Waals surface area contributed by atoms with Crippen LogP contribution < -0.4 is 10.3 Å². The van der Waals surface area contributed by atoms with E-state index in [1.165, 1.54) is 13.2 Å². The highest BCUT2D eigenvalue weighted by molar-refractivity contribution is 5.66. The molecule has 162 valence electrons. The summed E-state index contributed by atoms with van der Waals surface area (Å²) in [6, 6.07) is 2.33. The summed E-state index contributed by atoms with van der Waals surface area (Å²) in [6.07, 6.45) is -8.88. The Kier molecular flexibility index (Phi) is 4.99. The molecule has 14 heteroatoms. The van der Waals surface area contributed by atoms with Gasteiger partial charge in [0.25, 0.3) is 5.56 Å². The molecule has 30 heavy (non-hydrogen) atoms. The summed E-state index contributed by atoms with van der Waals surface area (Å²) in [5, 5.41) is 3.24. The van der Waals surface area contributed by atoms with Gasteiger partial charge in [-0.15, -0.1) is 0 Å². The molecule has 3 rings (SSSR count). The Labute approximate surface area is 161 Å². The van der Waals surface area contributed by atoms with Crippen LogP contribution in [0.5, 0.6) is 5.75 Å². The lowest BCUT2D eigenvalue weighted by molar-refractivity contribution is -0.287. The smallest absolute Gasteiger partial charge is 0.455 e. The molecule has 6 nitrogen and oxygen atoms in total. The van der Waals surface area contributed by atoms with Crippen LogP contribution in [0, 0.1) is 0 Å². The molecule has 3 aromatic heterocycles. The van der Waals surface area contributed by atoms with Crippen molar-refractivity contribution in [3.05, 3.63) is 46.8 Å². The summed E-state index contributed by atoms with van der Waals surface area (Å²) < 4.78 is 110. The molecule has 0 aromatic carbocycles. The van der Waals surface area contributed by atoms with Gasteiger partial charge in [0, 0.05) is 24.0 Å². The van der Waals surface area contributed by atoms with Crippen molar-refractivity contribution in [1.29, 1.82) is 0 Å². The van der Waals surface area contributed by atoms with E-state index in [1.54, 1.807) is 0 Å². The average molecular weight is 442 g/mol. The summed E-state index contributed by atoms with van der Waals surface area (Å²) in [5.41, 5.74) is -4.96. The fourth-order valence-corrected chi connectivity index (χ4v) is 2.58. The van der Waals surface area contributed by atoms with Crippen LogP contribution in [0.1, 0.15) is 5.69 Å². The molecule has 0 amide bonds. The van der Waals surface area contributed by atoms with Gasteiger partial charge in [-0.25, -0.2) is 4.98 Å². The van der Waals surface area contributed by atoms with Crippen LogP contribution in [-0.4, -0.2) is 38.4 Å². The normalized spacial score (nSPS) is 13.1. The third-order valence-electron chi connectivity index (χ3n) is 4.00. The van der Waals surface area contributed by atoms with Crippen molar-refractivity contribution in [2.24, 2.45) is 0 Å². The van der Waals surface area contributed by atoms with Crippen molar-refractivity contribution in [3.63, 3.8) is 0 Å². The first-order valence-electron chi connectivity index (χ1n) is 7.89. The van der Waals surface area contributed by atoms with E-state index in [-0.39, 0.29) is 10.4 Å². The first kappa shape index (κ1) is 21.5. The summed E-state index contributed by atoms with van der Waals surface area (Å²) in [7, 11) is 1.24. The van der Waals surface area contributed by atoms with Gasteiger partial charge in [0.1, 0.15) is 17.9 Å². The molecular formula is C16H10F8N4O2. The van der Waals surface area contributed by atoms with Crippen LogP contribution in [0.3, 0.4) is 0 Å². The maximum atomic E-state index is 13.5. The van der Waals surface area contributed by atoms with Crippen LogP contribution in [0.15, 0.2) is 35.5 Å². The van der Waals surface area contributed by atoms with Crippen LogP contribution in [0.25, 0.3) is 16.8 Å². The maximum absolute atomic E-state index is 13.5. The second kappa shape index (κ2) is 6.95. The first-order chi connectivity index (χ1) is 13.7. The number of hydrogen-bond donors (Lipinski definition) is 0. The number of pyridine rings is 1. The van der Waals surface area contributed by atoms with Gasteiger partial charge in [0.15, 0.2) is 5.69 Å². The minimum absolute atomic E-state index is 0.102. The molecule has 0 spiro atoms. The monoisotopic (exact) mass is 442 g/mol. The molecule has 0 aliphatic rings. The quantitative estimate of drug-likeness (QED) is 0.577. The molecular weight excluding hydrogens is 432 g/mol. The Morgan fingerprint density at radius 2 is 1.77 bits per heavy atom. The van der Waals surface area contributed by atoms with Crippen molar-refractivity contribution in [2.45, 2.75) is 24.8 Å². The molecule has 0 unspecified atom stereocenters. The van der Waals surface area contributed by atoms with Gasteiger partial charge in [0.2, 0.25) is 0 Å². The summed E-state index contributed by atoms with van der Waals surface area (Å²) >= 11 is 0. The minimum Gasteiger partial charge on any atom is -0.497 e. The Morgan fingerprint density at radius 3 is 2.33 bits per heavy atom. The maximum Gasteiger partial charge on any atom is 0.455 e. The molecule has 0 aliphatic carbocycles. The van der Waals surface area contributed by atoms with Crippen molar-refractivity contribution < 1.29 is 39.9 Å². The van der Waals surface area contributed by atoms with E-state index in [0.717, 1.165) is 16.7 Å². The lowest BCUT2D eigenvalue weighted by Gasteiger charge is -2.19. The molecule has 3 aromatic rings. The predicted molar refractivity (Wildman–Crippen MR) is 85.2 cm³/mol. The highest BCUT2D eigenvalue weighted by atomic mass is 19.4. The number of ether oxygens (including phenoxy) is 1. The van der Waals surface area contributed by atoms with Gasteiger partial charge in [-0.1, -0.05) is 0 Å². The van der Waals surface area contributed by atoms with E-state index in [9.17, 15) is 39.9 Å². The number of rotatable bonds is 4. The number of hydrogen-bond acceptors (Lipinski definition) is 4. The van der Waals surface area contributed by atoms with Crippen LogP contribution >= 0.6 is 0 Å². The largest absolute Gasteiger partial charge is 0.497 e. The topological polar surface area (TPSA) is 61.4 Å². The van der Waals surface area contributed by atoms with Gasteiger partial charge >= 0.3 is 18.3 Å². The minimum atomic E-state index is -5.89. The highest BCUT2D eigenvalue weighted by Crippen LogP contribution is 2.37. The Balaban J connectivity index is 2.18. The van der Waals surface area contributed by atoms with Crippen molar-refractivity contribution in [3.8, 4) is 16.9 Å². The first-order valence-corrected chi connectivity index (χ1v) is 7.89. The summed E-state index contributed by atoms with van der Waals surface area (Å²) in [4.78, 5) is 16.1. The van der Waals surface area contributed by atoms with E-state index in [4.69, 9.17) is 4.74 Å². The molecule has 0 atom stereocenters. The number of methoxy groups -OCH3 is 1. The molecule has 0 fully saturated rings. The van der Waals surface area contributed by atoms with E-state index >= 15 is 0 Å². The third-order valence-corrected chi connectivity index (χ3v) is 4.00. The van der Waals surface area contributed by atoms with Gasteiger partial charge in [-0.05, 0) is 6.07 Å². The van der Waals surface area contributed by atoms with Gasteiger partial charge < -0.3 is 4.74 Å². The average Bonchev–Trinajstić information content (AvgIpc) is 3.06. The summed E-state index contributed by atoms with van der Waals surface area (Å²) in [6.45, 7) is -1.97. The number of aromatic nitrogens is 4. The molecule has 3 heterocycles. The number of alkyl halides is 8. The van der Waals surface area contributed by atoms with Gasteiger partial charge in [-0.2, -0.15) is 40.2 Å². The lowest BCUT2D eigenvalue weighted by Crippen LogP contribution is -2.40. The fourth-order valence-electron chi connectivity index (χ4n) is 2.58. The van der Waals surface area contributed by atoms with Crippen molar-refractivity contribution >= 4 is 5.65 Å². The number of nitrogens with zero attached hydrogens (tertiary/aromatic N) is 4. The van der Waals surface area contributed by atoms with Crippen LogP contribution in [0.4, 0.5) is 35.1 Å². The predicted octanol–water partition coefficient (Wildman–Crippen LogP) is 3.78. The Hall–Kier alpha value is -3.19. The van der Waals surface area contributed by atoms with Gasteiger partial charge in [0.05, 0.1) is 18.9 Å². The van der Waals surface area contributed by atoms with Crippen LogP contribution in [0.2, 0.25) is 0 Å². The Morgan fingerprint density at radius 1 is 1.10 bits per heavy atom. The van der Waals surface area contributed by atoms with E-state index < -0.39 is 52.8 Å². The van der Waals surface area contributed by atoms with Crippen molar-refractivity contribution in [1.82, 2.24) is 19.2 Å². The van der Waals surface area contributed by atoms with Gasteiger partial charge in [-0.3, -0.25) is 13.9 Å². The van der Waals surface area contributed by atoms with E-state index in [0.29, 0.717) is 12.4 Å². The highest BCUT2D eigenvalue weighted by Gasteiger charge is 2.57. The zero-order valence-corrected chi connectivity index (χ0v) is 14.7. The standard InChI is InChI=1S/C16H10F8N4O2/c1-30-9-2-3-28-10(4-9)26-12(15(19,20)21)11(13(28)29)8-5-25-27(6-8)7-14(17,18)16(22,23)24/h2-6H,7H2,1H3. The number of halogens is 8.